The Hall–Kier alpha value is -7.16. The number of hydrogen-bond donors (Lipinski definition) is 0. The van der Waals surface area contributed by atoms with Crippen LogP contribution in [0.1, 0.15) is 56.4 Å². The van der Waals surface area contributed by atoms with Crippen LogP contribution in [0.5, 0.6) is 0 Å². The second kappa shape index (κ2) is 13.0. The van der Waals surface area contributed by atoms with E-state index in [1.807, 2.05) is 71.3 Å². The summed E-state index contributed by atoms with van der Waals surface area (Å²) >= 11 is 0. The second-order valence-corrected chi connectivity index (χ2v) is 13.7. The summed E-state index contributed by atoms with van der Waals surface area (Å²) in [5.74, 6) is 0. The molecule has 0 spiro atoms. The van der Waals surface area contributed by atoms with Crippen LogP contribution in [0, 0.1) is 0 Å². The lowest BCUT2D eigenvalue weighted by molar-refractivity contribution is 0.660. The first kappa shape index (κ1) is 17.3. The fraction of sp³-hybridized carbons (Fsp3) is 0.0545. The van der Waals surface area contributed by atoms with Gasteiger partial charge in [-0.25, -0.2) is 0 Å². The molecular formula is C55H40N2. The highest BCUT2D eigenvalue weighted by atomic mass is 15.1. The van der Waals surface area contributed by atoms with Crippen LogP contribution in [0.15, 0.2) is 206 Å². The normalized spacial score (nSPS) is 20.5. The number of hydrogen-bond acceptors (Lipinski definition) is 1. The van der Waals surface area contributed by atoms with Crippen LogP contribution in [0.3, 0.4) is 0 Å². The highest BCUT2D eigenvalue weighted by Gasteiger charge is 2.36. The molecule has 270 valence electrons. The lowest BCUT2D eigenvalue weighted by atomic mass is 9.82. The van der Waals surface area contributed by atoms with Crippen LogP contribution < -0.4 is 4.90 Å². The van der Waals surface area contributed by atoms with E-state index in [9.17, 15) is 12.3 Å². The van der Waals surface area contributed by atoms with Gasteiger partial charge < -0.3 is 9.47 Å². The first-order chi connectivity index (χ1) is 37.6. The topological polar surface area (TPSA) is 8.17 Å². The fourth-order valence-corrected chi connectivity index (χ4v) is 7.72. The Labute approximate surface area is 365 Å². The average molecular weight is 752 g/mol. The quantitative estimate of drug-likeness (QED) is 0.164. The third kappa shape index (κ3) is 5.33. The van der Waals surface area contributed by atoms with Crippen molar-refractivity contribution in [2.75, 3.05) is 4.90 Å². The van der Waals surface area contributed by atoms with E-state index >= 15 is 0 Å². The molecule has 2 heteroatoms. The van der Waals surface area contributed by atoms with E-state index in [0.29, 0.717) is 10.3 Å². The maximum Gasteiger partial charge on any atom is 0.0648 e. The van der Waals surface area contributed by atoms with Crippen molar-refractivity contribution in [2.24, 2.45) is 0 Å². The number of benzene rings is 9. The molecule has 1 atom stereocenters. The molecule has 1 aromatic heterocycles. The van der Waals surface area contributed by atoms with E-state index < -0.39 is 184 Å². The first-order valence-corrected chi connectivity index (χ1v) is 18.0. The minimum absolute atomic E-state index is 0.176. The number of aromatic nitrogens is 1. The molecule has 0 aliphatic heterocycles. The standard InChI is InChI=1S/C55H40N2/c1-55(2)50-21-11-8-19-46(50)47-32-31-44(36-51(47)55)56(52-22-12-9-18-45(52)39-15-4-3-5-16-39)42-28-24-38(25-29-42)41-27-33-54-49(35-41)48-20-10-13-23-53(48)57(54)43-30-26-37-14-6-7-17-40(37)34-43/h3-36H,1-2H3/i1D3,3D,4D,5D,8D,9D,11D,12D,15D,16D,18D,19D,21D,22D,24D,25D,28D,29D,31D,32D,36D. The van der Waals surface area contributed by atoms with E-state index in [0.717, 1.165) is 39.8 Å². The van der Waals surface area contributed by atoms with Crippen molar-refractivity contribution in [3.8, 4) is 39.1 Å². The third-order valence-electron chi connectivity index (χ3n) is 10.4. The molecule has 1 aliphatic rings. The molecule has 1 unspecified atom stereocenters. The van der Waals surface area contributed by atoms with Gasteiger partial charge in [0.25, 0.3) is 0 Å². The Bertz CT molecular complexity index is 4390. The molecule has 2 nitrogen and oxygen atoms in total. The van der Waals surface area contributed by atoms with Gasteiger partial charge in [0.15, 0.2) is 0 Å². The zero-order chi connectivity index (χ0) is 58.0. The molecule has 0 saturated carbocycles. The van der Waals surface area contributed by atoms with Crippen LogP contribution in [-0.4, -0.2) is 4.57 Å². The van der Waals surface area contributed by atoms with Crippen molar-refractivity contribution in [3.63, 3.8) is 0 Å². The summed E-state index contributed by atoms with van der Waals surface area (Å²) in [6, 6.07) is 7.34. The van der Waals surface area contributed by atoms with Gasteiger partial charge in [0, 0.05) is 42.9 Å². The molecule has 0 saturated heterocycles. The van der Waals surface area contributed by atoms with E-state index in [1.54, 1.807) is 18.2 Å². The highest BCUT2D eigenvalue weighted by Crippen LogP contribution is 2.51. The molecule has 9 aromatic carbocycles. The number of nitrogens with zero attached hydrogens (tertiary/aromatic N) is 2. The van der Waals surface area contributed by atoms with E-state index in [4.69, 9.17) is 19.2 Å². The predicted molar refractivity (Wildman–Crippen MR) is 241 cm³/mol. The molecule has 0 bridgehead atoms. The Kier molecular flexibility index (Phi) is 3.94. The molecular weight excluding hydrogens is 689 g/mol. The van der Waals surface area contributed by atoms with Crippen molar-refractivity contribution in [1.82, 2.24) is 4.57 Å². The summed E-state index contributed by atoms with van der Waals surface area (Å²) < 4.78 is 213. The van der Waals surface area contributed by atoms with E-state index in [-0.39, 0.29) is 11.1 Å². The van der Waals surface area contributed by atoms with Crippen LogP contribution in [-0.2, 0) is 5.41 Å². The van der Waals surface area contributed by atoms with Crippen LogP contribution in [0.2, 0.25) is 0 Å². The number of anilines is 3. The molecule has 11 rings (SSSR count). The van der Waals surface area contributed by atoms with E-state index in [1.165, 1.54) is 0 Å². The predicted octanol–water partition coefficient (Wildman–Crippen LogP) is 15.0. The Balaban J connectivity index is 1.26. The maximum absolute atomic E-state index is 10.1. The largest absolute Gasteiger partial charge is 0.310 e. The lowest BCUT2D eigenvalue weighted by Gasteiger charge is -2.30. The zero-order valence-corrected chi connectivity index (χ0v) is 30.0. The Morgan fingerprint density at radius 2 is 1.21 bits per heavy atom. The summed E-state index contributed by atoms with van der Waals surface area (Å²) in [7, 11) is 0. The van der Waals surface area contributed by atoms with Gasteiger partial charge in [-0.2, -0.15) is 0 Å². The monoisotopic (exact) mass is 751 g/mol. The van der Waals surface area contributed by atoms with Gasteiger partial charge in [-0.15, -0.1) is 0 Å². The van der Waals surface area contributed by atoms with Crippen LogP contribution in [0.4, 0.5) is 17.1 Å². The molecule has 1 aliphatic carbocycles. The molecule has 10 aromatic rings. The number of para-hydroxylation sites is 2. The summed E-state index contributed by atoms with van der Waals surface area (Å²) in [5, 5.41) is 3.42. The fourth-order valence-electron chi connectivity index (χ4n) is 7.72. The van der Waals surface area contributed by atoms with E-state index in [2.05, 4.69) is 0 Å². The Morgan fingerprint density at radius 1 is 0.509 bits per heavy atom. The molecule has 0 N–H and O–H groups in total. The van der Waals surface area contributed by atoms with Gasteiger partial charge in [-0.1, -0.05) is 159 Å². The lowest BCUT2D eigenvalue weighted by Crippen LogP contribution is -2.16. The SMILES string of the molecule is [2H]c1c([2H])c([2H])c(-c2c([2H])c([2H])c([2H])c([2H])c2N(c2c([2H])c([2H])c(-c3ccc4c(c3)c3ccccc3n4-c3ccc4ccccc4c3)c([2H])c2[2H])c2c([2H])c([2H])c3c(c2[2H])C(C)(C([2H])([2H])[2H])c2c([2H])c([2H])c([2H])c([2H])c2-3)c([2H])c1[2H]. The van der Waals surface area contributed by atoms with Crippen molar-refractivity contribution in [3.05, 3.63) is 217 Å². The van der Waals surface area contributed by atoms with Gasteiger partial charge in [-0.3, -0.25) is 0 Å². The summed E-state index contributed by atoms with van der Waals surface area (Å²) in [4.78, 5) is 0.528. The summed E-state index contributed by atoms with van der Waals surface area (Å²) in [6.45, 7) is -2.28. The second-order valence-electron chi connectivity index (χ2n) is 13.7. The summed E-state index contributed by atoms with van der Waals surface area (Å²) in [5.41, 5.74) is -7.45. The van der Waals surface area contributed by atoms with Crippen LogP contribution >= 0.6 is 0 Å². The minimum atomic E-state index is -3.33. The molecule has 0 radical (unpaired) electrons. The zero-order valence-electron chi connectivity index (χ0n) is 53.0. The van der Waals surface area contributed by atoms with Gasteiger partial charge in [0.1, 0.15) is 0 Å². The molecule has 0 fully saturated rings. The summed E-state index contributed by atoms with van der Waals surface area (Å²) in [6.07, 6.45) is 0. The van der Waals surface area contributed by atoms with Crippen molar-refractivity contribution < 1.29 is 31.5 Å². The van der Waals surface area contributed by atoms with Crippen molar-refractivity contribution in [1.29, 1.82) is 0 Å². The third-order valence-corrected chi connectivity index (χ3v) is 10.4. The maximum atomic E-state index is 10.1. The van der Waals surface area contributed by atoms with Gasteiger partial charge in [0.05, 0.1) is 44.1 Å². The smallest absolute Gasteiger partial charge is 0.0648 e. The first-order valence-electron chi connectivity index (χ1n) is 29.5. The average Bonchev–Trinajstić information content (AvgIpc) is 3.97. The molecule has 1 heterocycles. The minimum Gasteiger partial charge on any atom is -0.310 e. The highest BCUT2D eigenvalue weighted by molar-refractivity contribution is 6.10. The molecule has 57 heavy (non-hydrogen) atoms. The van der Waals surface area contributed by atoms with Gasteiger partial charge in [-0.05, 0) is 110 Å². The van der Waals surface area contributed by atoms with Crippen molar-refractivity contribution in [2.45, 2.75) is 19.2 Å². The van der Waals surface area contributed by atoms with Gasteiger partial charge >= 0.3 is 0 Å². The number of fused-ring (bicyclic) bond motifs is 7. The molecule has 0 amide bonds. The van der Waals surface area contributed by atoms with Gasteiger partial charge in [0.2, 0.25) is 0 Å². The Morgan fingerprint density at radius 3 is 2.07 bits per heavy atom. The van der Waals surface area contributed by atoms with Crippen LogP contribution in [0.25, 0.3) is 71.6 Å². The number of rotatable bonds is 6. The van der Waals surface area contributed by atoms with Crippen molar-refractivity contribution >= 4 is 49.6 Å².